The summed E-state index contributed by atoms with van der Waals surface area (Å²) in [4.78, 5) is 0. The average molecular weight is 175 g/mol. The van der Waals surface area contributed by atoms with Gasteiger partial charge >= 0.3 is 0 Å². The predicted molar refractivity (Wildman–Crippen MR) is 34.5 cm³/mol. The molecular formula is C6H9NO5. The summed E-state index contributed by atoms with van der Waals surface area (Å²) < 4.78 is 4.46. The van der Waals surface area contributed by atoms with Crippen LogP contribution in [0.5, 0.6) is 0 Å². The minimum Gasteiger partial charge on any atom is -0.387 e. The molecule has 0 spiro atoms. The Balaban J connectivity index is 2.72. The molecule has 0 aromatic carbocycles. The molecule has 1 fully saturated rings. The molecule has 0 amide bonds. The van der Waals surface area contributed by atoms with E-state index >= 15 is 0 Å². The number of nitrogens with zero attached hydrogens (tertiary/aromatic N) is 1. The van der Waals surface area contributed by atoms with E-state index in [1.807, 2.05) is 0 Å². The van der Waals surface area contributed by atoms with Gasteiger partial charge in [-0.15, -0.1) is 0 Å². The van der Waals surface area contributed by atoms with E-state index in [2.05, 4.69) is 4.74 Å². The van der Waals surface area contributed by atoms with Crippen molar-refractivity contribution < 1.29 is 25.2 Å². The van der Waals surface area contributed by atoms with Crippen molar-refractivity contribution in [2.45, 2.75) is 30.7 Å². The second kappa shape index (κ2) is 3.35. The van der Waals surface area contributed by atoms with Gasteiger partial charge in [-0.25, -0.2) is 0 Å². The van der Waals surface area contributed by atoms with Gasteiger partial charge in [-0.05, 0) is 0 Å². The van der Waals surface area contributed by atoms with Crippen molar-refractivity contribution in [3.8, 4) is 6.07 Å². The van der Waals surface area contributed by atoms with Crippen LogP contribution in [0.3, 0.4) is 0 Å². The monoisotopic (exact) mass is 175 g/mol. The largest absolute Gasteiger partial charge is 0.387 e. The van der Waals surface area contributed by atoms with Crippen molar-refractivity contribution in [1.82, 2.24) is 0 Å². The number of hydrogen-bond acceptors (Lipinski definition) is 6. The highest BCUT2D eigenvalue weighted by Crippen LogP contribution is 2.18. The maximum Gasteiger partial charge on any atom is 0.185 e. The number of aliphatic hydroxyl groups excluding tert-OH is 4. The number of ether oxygens (including phenoxy) is 1. The zero-order valence-electron chi connectivity index (χ0n) is 6.03. The zero-order chi connectivity index (χ0) is 9.30. The van der Waals surface area contributed by atoms with Crippen molar-refractivity contribution in [3.63, 3.8) is 0 Å². The molecule has 1 aliphatic heterocycles. The van der Waals surface area contributed by atoms with Gasteiger partial charge in [0.15, 0.2) is 12.4 Å². The molecular weight excluding hydrogens is 166 g/mol. The standard InChI is InChI=1S/C6H9NO5/c7-1-2-3(8)4(9)5(10)6(11)12-2/h2-6,8-11H/t2?,3-,4-,5+,6+/m1/s1. The second-order valence-electron chi connectivity index (χ2n) is 2.55. The number of nitriles is 1. The van der Waals surface area contributed by atoms with Crippen LogP contribution in [0, 0.1) is 11.3 Å². The highest BCUT2D eigenvalue weighted by Gasteiger charge is 2.42. The normalized spacial score (nSPS) is 48.4. The van der Waals surface area contributed by atoms with E-state index in [0.29, 0.717) is 0 Å². The van der Waals surface area contributed by atoms with E-state index < -0.39 is 30.7 Å². The molecule has 12 heavy (non-hydrogen) atoms. The predicted octanol–water partition coefficient (Wildman–Crippen LogP) is -2.69. The Kier molecular flexibility index (Phi) is 2.62. The van der Waals surface area contributed by atoms with Gasteiger partial charge in [0.1, 0.15) is 18.3 Å². The molecule has 0 aromatic heterocycles. The van der Waals surface area contributed by atoms with Crippen LogP contribution < -0.4 is 0 Å². The topological polar surface area (TPSA) is 114 Å². The van der Waals surface area contributed by atoms with Gasteiger partial charge in [0.25, 0.3) is 0 Å². The van der Waals surface area contributed by atoms with Crippen LogP contribution in [0.1, 0.15) is 0 Å². The van der Waals surface area contributed by atoms with Crippen LogP contribution in [0.15, 0.2) is 0 Å². The first-order valence-corrected chi connectivity index (χ1v) is 3.35. The number of aliphatic hydroxyl groups is 4. The molecule has 1 saturated heterocycles. The molecule has 1 aliphatic rings. The Morgan fingerprint density at radius 3 is 2.08 bits per heavy atom. The molecule has 1 heterocycles. The average Bonchev–Trinajstić information content (AvgIpc) is 2.08. The maximum absolute atomic E-state index is 9.06. The van der Waals surface area contributed by atoms with Crippen LogP contribution in [0.25, 0.3) is 0 Å². The minimum absolute atomic E-state index is 1.31. The maximum atomic E-state index is 9.06. The summed E-state index contributed by atoms with van der Waals surface area (Å²) in [5.74, 6) is 0. The van der Waals surface area contributed by atoms with E-state index in [4.69, 9.17) is 25.7 Å². The highest BCUT2D eigenvalue weighted by molar-refractivity contribution is 4.99. The van der Waals surface area contributed by atoms with Crippen LogP contribution in [-0.4, -0.2) is 51.1 Å². The Morgan fingerprint density at radius 2 is 1.58 bits per heavy atom. The lowest BCUT2D eigenvalue weighted by Gasteiger charge is -2.35. The lowest BCUT2D eigenvalue weighted by Crippen LogP contribution is -2.56. The Bertz CT molecular complexity index is 203. The molecule has 0 bridgehead atoms. The number of hydrogen-bond donors (Lipinski definition) is 4. The van der Waals surface area contributed by atoms with Crippen LogP contribution in [0.4, 0.5) is 0 Å². The Labute approximate surface area is 68.2 Å². The second-order valence-corrected chi connectivity index (χ2v) is 2.55. The first kappa shape index (κ1) is 9.38. The third-order valence-electron chi connectivity index (χ3n) is 1.72. The van der Waals surface area contributed by atoms with Crippen LogP contribution in [-0.2, 0) is 4.74 Å². The molecule has 0 radical (unpaired) electrons. The van der Waals surface area contributed by atoms with Crippen molar-refractivity contribution in [2.24, 2.45) is 0 Å². The summed E-state index contributed by atoms with van der Waals surface area (Å²) in [6, 6.07) is 1.53. The van der Waals surface area contributed by atoms with Crippen molar-refractivity contribution in [2.75, 3.05) is 0 Å². The fourth-order valence-electron chi connectivity index (χ4n) is 0.968. The van der Waals surface area contributed by atoms with Gasteiger partial charge < -0.3 is 25.2 Å². The SMILES string of the molecule is N#CC1O[C@H](O)[C@@H](O)[C@H](O)[C@@H]1O. The van der Waals surface area contributed by atoms with Gasteiger partial charge in [-0.3, -0.25) is 0 Å². The summed E-state index contributed by atoms with van der Waals surface area (Å²) in [5, 5.41) is 44.2. The fraction of sp³-hybridized carbons (Fsp3) is 0.833. The smallest absolute Gasteiger partial charge is 0.185 e. The molecule has 6 heteroatoms. The third-order valence-corrected chi connectivity index (χ3v) is 1.72. The van der Waals surface area contributed by atoms with Gasteiger partial charge in [0, 0.05) is 0 Å². The Morgan fingerprint density at radius 1 is 1.00 bits per heavy atom. The molecule has 68 valence electrons. The molecule has 0 aromatic rings. The van der Waals surface area contributed by atoms with Crippen molar-refractivity contribution in [1.29, 1.82) is 5.26 Å². The zero-order valence-corrected chi connectivity index (χ0v) is 6.03. The van der Waals surface area contributed by atoms with Gasteiger partial charge in [-0.1, -0.05) is 0 Å². The molecule has 6 nitrogen and oxygen atoms in total. The van der Waals surface area contributed by atoms with E-state index in [-0.39, 0.29) is 0 Å². The summed E-state index contributed by atoms with van der Waals surface area (Å²) in [6.45, 7) is 0. The van der Waals surface area contributed by atoms with Gasteiger partial charge in [0.05, 0.1) is 6.07 Å². The lowest BCUT2D eigenvalue weighted by molar-refractivity contribution is -0.269. The lowest BCUT2D eigenvalue weighted by atomic mass is 10.00. The summed E-state index contributed by atoms with van der Waals surface area (Å²) >= 11 is 0. The van der Waals surface area contributed by atoms with E-state index in [0.717, 1.165) is 0 Å². The van der Waals surface area contributed by atoms with Gasteiger partial charge in [0.2, 0.25) is 0 Å². The summed E-state index contributed by atoms with van der Waals surface area (Å²) in [5.41, 5.74) is 0. The van der Waals surface area contributed by atoms with E-state index in [9.17, 15) is 0 Å². The summed E-state index contributed by atoms with van der Waals surface area (Å²) in [6.07, 6.45) is -7.57. The third kappa shape index (κ3) is 1.41. The van der Waals surface area contributed by atoms with Crippen LogP contribution >= 0.6 is 0 Å². The summed E-state index contributed by atoms with van der Waals surface area (Å²) in [7, 11) is 0. The van der Waals surface area contributed by atoms with Crippen molar-refractivity contribution in [3.05, 3.63) is 0 Å². The molecule has 5 atom stereocenters. The molecule has 0 aliphatic carbocycles. The fourth-order valence-corrected chi connectivity index (χ4v) is 0.968. The molecule has 1 rings (SSSR count). The highest BCUT2D eigenvalue weighted by atomic mass is 16.6. The van der Waals surface area contributed by atoms with Gasteiger partial charge in [-0.2, -0.15) is 5.26 Å². The molecule has 4 N–H and O–H groups in total. The first-order valence-electron chi connectivity index (χ1n) is 3.35. The quantitative estimate of drug-likeness (QED) is 0.319. The molecule has 0 saturated carbocycles. The van der Waals surface area contributed by atoms with Crippen LogP contribution in [0.2, 0.25) is 0 Å². The first-order chi connectivity index (χ1) is 5.57. The Hall–Kier alpha value is -0.710. The minimum atomic E-state index is -1.63. The van der Waals surface area contributed by atoms with Crippen molar-refractivity contribution >= 4 is 0 Å². The van der Waals surface area contributed by atoms with E-state index in [1.165, 1.54) is 6.07 Å². The number of rotatable bonds is 0. The molecule has 1 unspecified atom stereocenters. The van der Waals surface area contributed by atoms with E-state index in [1.54, 1.807) is 0 Å².